The minimum absolute atomic E-state index is 1.06. The molecule has 0 aliphatic rings. The van der Waals surface area contributed by atoms with Gasteiger partial charge in [-0.3, -0.25) is 4.99 Å². The summed E-state index contributed by atoms with van der Waals surface area (Å²) in [6, 6.07) is 6.37. The first-order chi connectivity index (χ1) is 6.31. The van der Waals surface area contributed by atoms with E-state index in [1.54, 1.807) is 7.05 Å². The third-order valence-corrected chi connectivity index (χ3v) is 2.05. The molecule has 1 rings (SSSR count). The molecule has 0 atom stereocenters. The van der Waals surface area contributed by atoms with E-state index >= 15 is 0 Å². The first-order valence-corrected chi connectivity index (χ1v) is 4.49. The lowest BCUT2D eigenvalue weighted by Gasteiger charge is -2.02. The van der Waals surface area contributed by atoms with Crippen LogP contribution in [-0.2, 0) is 6.42 Å². The molecule has 1 heteroatoms. The third kappa shape index (κ3) is 2.28. The largest absolute Gasteiger partial charge is 0.296 e. The zero-order valence-electron chi connectivity index (χ0n) is 8.25. The van der Waals surface area contributed by atoms with Gasteiger partial charge in [-0.05, 0) is 23.1 Å². The highest BCUT2D eigenvalue weighted by Crippen LogP contribution is 2.12. The molecule has 0 spiro atoms. The van der Waals surface area contributed by atoms with Gasteiger partial charge < -0.3 is 0 Å². The molecule has 0 fully saturated rings. The minimum Gasteiger partial charge on any atom is -0.296 e. The Kier molecular flexibility index (Phi) is 3.44. The second kappa shape index (κ2) is 4.61. The summed E-state index contributed by atoms with van der Waals surface area (Å²) in [6.45, 7) is 5.94. The zero-order valence-corrected chi connectivity index (χ0v) is 8.25. The van der Waals surface area contributed by atoms with Crippen LogP contribution in [0.5, 0.6) is 0 Å². The zero-order chi connectivity index (χ0) is 9.68. The van der Waals surface area contributed by atoms with E-state index in [2.05, 4.69) is 36.7 Å². The van der Waals surface area contributed by atoms with Gasteiger partial charge in [-0.2, -0.15) is 0 Å². The van der Waals surface area contributed by atoms with Crippen LogP contribution in [0.15, 0.2) is 29.8 Å². The maximum Gasteiger partial charge on any atom is 0.0287 e. The third-order valence-electron chi connectivity index (χ3n) is 2.05. The first kappa shape index (κ1) is 9.72. The molecule has 0 unspecified atom stereocenters. The van der Waals surface area contributed by atoms with E-state index in [0.717, 1.165) is 17.5 Å². The second-order valence-corrected chi connectivity index (χ2v) is 2.91. The fourth-order valence-corrected chi connectivity index (χ4v) is 1.28. The van der Waals surface area contributed by atoms with Crippen LogP contribution in [0.4, 0.5) is 0 Å². The summed E-state index contributed by atoms with van der Waals surface area (Å²) in [6.07, 6.45) is 4.79. The van der Waals surface area contributed by atoms with Crippen molar-refractivity contribution >= 4 is 12.3 Å². The molecule has 0 aliphatic heterocycles. The molecule has 0 N–H and O–H groups in total. The van der Waals surface area contributed by atoms with Gasteiger partial charge in [0.25, 0.3) is 0 Å². The van der Waals surface area contributed by atoms with Crippen LogP contribution >= 0.6 is 0 Å². The predicted octanol–water partition coefficient (Wildman–Crippen LogP) is 2.94. The van der Waals surface area contributed by atoms with Crippen molar-refractivity contribution < 1.29 is 0 Å². The summed E-state index contributed by atoms with van der Waals surface area (Å²) < 4.78 is 0. The van der Waals surface area contributed by atoms with E-state index < -0.39 is 0 Å². The average molecular weight is 173 g/mol. The molecule has 0 heterocycles. The lowest BCUT2D eigenvalue weighted by atomic mass is 10.0. The molecule has 0 saturated carbocycles. The normalized spacial score (nSPS) is 10.6. The Balaban J connectivity index is 3.15. The molecule has 1 aromatic carbocycles. The maximum absolute atomic E-state index is 4.00. The van der Waals surface area contributed by atoms with Gasteiger partial charge >= 0.3 is 0 Å². The van der Waals surface area contributed by atoms with E-state index in [1.807, 2.05) is 12.3 Å². The van der Waals surface area contributed by atoms with E-state index in [4.69, 9.17) is 0 Å². The molecule has 0 aliphatic carbocycles. The van der Waals surface area contributed by atoms with Crippen LogP contribution in [0.3, 0.4) is 0 Å². The molecular weight excluding hydrogens is 158 g/mol. The van der Waals surface area contributed by atoms with E-state index in [1.165, 1.54) is 5.56 Å². The Hall–Kier alpha value is -1.37. The van der Waals surface area contributed by atoms with E-state index in [9.17, 15) is 0 Å². The highest BCUT2D eigenvalue weighted by Gasteiger charge is 1.96. The van der Waals surface area contributed by atoms with Crippen molar-refractivity contribution in [1.82, 2.24) is 0 Å². The highest BCUT2D eigenvalue weighted by atomic mass is 14.6. The number of benzene rings is 1. The van der Waals surface area contributed by atoms with Crippen LogP contribution in [0.1, 0.15) is 23.6 Å². The van der Waals surface area contributed by atoms with Crippen molar-refractivity contribution in [2.75, 3.05) is 7.05 Å². The van der Waals surface area contributed by atoms with Crippen LogP contribution in [0.2, 0.25) is 0 Å². The van der Waals surface area contributed by atoms with Crippen LogP contribution in [0, 0.1) is 0 Å². The van der Waals surface area contributed by atoms with Crippen LogP contribution in [0.25, 0.3) is 6.08 Å². The molecular formula is C12H15N. The fraction of sp³-hybridized carbons (Fsp3) is 0.250. The number of hydrogen-bond acceptors (Lipinski definition) is 1. The van der Waals surface area contributed by atoms with Gasteiger partial charge in [0, 0.05) is 13.3 Å². The molecule has 68 valence electrons. The molecule has 0 radical (unpaired) electrons. The number of aryl methyl sites for hydroxylation is 1. The summed E-state index contributed by atoms with van der Waals surface area (Å²) in [5.74, 6) is 0. The Morgan fingerprint density at radius 2 is 2.15 bits per heavy atom. The van der Waals surface area contributed by atoms with Gasteiger partial charge in [0.15, 0.2) is 0 Å². The summed E-state index contributed by atoms with van der Waals surface area (Å²) in [5.41, 5.74) is 3.63. The Morgan fingerprint density at radius 3 is 2.69 bits per heavy atom. The lowest BCUT2D eigenvalue weighted by Crippen LogP contribution is -1.89. The predicted molar refractivity (Wildman–Crippen MR) is 59.4 cm³/mol. The summed E-state index contributed by atoms with van der Waals surface area (Å²) in [7, 11) is 1.78. The number of rotatable bonds is 3. The summed E-state index contributed by atoms with van der Waals surface area (Å²) in [5, 5.41) is 0. The number of hydrogen-bond donors (Lipinski definition) is 0. The topological polar surface area (TPSA) is 12.4 Å². The summed E-state index contributed by atoms with van der Waals surface area (Å²) >= 11 is 0. The van der Waals surface area contributed by atoms with Crippen LogP contribution in [-0.4, -0.2) is 13.3 Å². The Bertz CT molecular complexity index is 324. The van der Waals surface area contributed by atoms with Crippen LogP contribution < -0.4 is 0 Å². The van der Waals surface area contributed by atoms with E-state index in [-0.39, 0.29) is 0 Å². The fourth-order valence-electron chi connectivity index (χ4n) is 1.28. The first-order valence-electron chi connectivity index (χ1n) is 4.49. The van der Waals surface area contributed by atoms with Gasteiger partial charge in [-0.25, -0.2) is 0 Å². The molecule has 0 aromatic heterocycles. The highest BCUT2D eigenvalue weighted by molar-refractivity contribution is 5.85. The van der Waals surface area contributed by atoms with Crippen molar-refractivity contribution in [3.63, 3.8) is 0 Å². The SMILES string of the molecule is C=Cc1cc(CC)ccc1C=NC. The van der Waals surface area contributed by atoms with Crippen molar-refractivity contribution in [3.05, 3.63) is 41.5 Å². The molecule has 13 heavy (non-hydrogen) atoms. The van der Waals surface area contributed by atoms with Crippen molar-refractivity contribution in [2.45, 2.75) is 13.3 Å². The number of nitrogens with zero attached hydrogens (tertiary/aromatic N) is 1. The number of aliphatic imine (C=N–C) groups is 1. The van der Waals surface area contributed by atoms with Gasteiger partial charge in [0.1, 0.15) is 0 Å². The lowest BCUT2D eigenvalue weighted by molar-refractivity contribution is 1.14. The second-order valence-electron chi connectivity index (χ2n) is 2.91. The minimum atomic E-state index is 1.06. The molecule has 0 bridgehead atoms. The van der Waals surface area contributed by atoms with Crippen molar-refractivity contribution in [1.29, 1.82) is 0 Å². The van der Waals surface area contributed by atoms with Gasteiger partial charge in [0.05, 0.1) is 0 Å². The standard InChI is InChI=1S/C12H15N/c1-4-10-6-7-12(9-13-3)11(5-2)8-10/h5-9H,2,4H2,1,3H3. The monoisotopic (exact) mass is 173 g/mol. The average Bonchev–Trinajstić information content (AvgIpc) is 2.19. The van der Waals surface area contributed by atoms with Gasteiger partial charge in [-0.15, -0.1) is 0 Å². The molecule has 1 aromatic rings. The quantitative estimate of drug-likeness (QED) is 0.623. The van der Waals surface area contributed by atoms with Gasteiger partial charge in [0.2, 0.25) is 0 Å². The smallest absolute Gasteiger partial charge is 0.0287 e. The Labute approximate surface area is 79.8 Å². The molecule has 0 amide bonds. The van der Waals surface area contributed by atoms with Crippen molar-refractivity contribution in [3.8, 4) is 0 Å². The Morgan fingerprint density at radius 1 is 1.38 bits per heavy atom. The molecule has 1 nitrogen and oxygen atoms in total. The van der Waals surface area contributed by atoms with Crippen molar-refractivity contribution in [2.24, 2.45) is 4.99 Å². The molecule has 0 saturated heterocycles. The van der Waals surface area contributed by atoms with Gasteiger partial charge in [-0.1, -0.05) is 37.8 Å². The maximum atomic E-state index is 4.00. The van der Waals surface area contributed by atoms with E-state index in [0.29, 0.717) is 0 Å². The summed E-state index contributed by atoms with van der Waals surface area (Å²) in [4.78, 5) is 4.00.